The van der Waals surface area contributed by atoms with Crippen LogP contribution in [0.3, 0.4) is 0 Å². The van der Waals surface area contributed by atoms with E-state index in [4.69, 9.17) is 16.3 Å². The number of rotatable bonds is 4. The zero-order valence-corrected chi connectivity index (χ0v) is 14.1. The number of ether oxygens (including phenoxy) is 1. The van der Waals surface area contributed by atoms with Crippen molar-refractivity contribution in [3.63, 3.8) is 0 Å². The molecule has 0 amide bonds. The maximum absolute atomic E-state index is 6.04. The average Bonchev–Trinajstić information content (AvgIpc) is 2.39. The third-order valence-electron chi connectivity index (χ3n) is 3.03. The Morgan fingerprint density at radius 3 is 2.40 bits per heavy atom. The predicted molar refractivity (Wildman–Crippen MR) is 87.9 cm³/mol. The van der Waals surface area contributed by atoms with Crippen molar-refractivity contribution in [1.82, 2.24) is 5.32 Å². The molecule has 2 aromatic rings. The molecule has 0 spiro atoms. The van der Waals surface area contributed by atoms with E-state index >= 15 is 0 Å². The van der Waals surface area contributed by atoms with Crippen molar-refractivity contribution in [3.05, 3.63) is 56.5 Å². The summed E-state index contributed by atoms with van der Waals surface area (Å²) in [6.07, 6.45) is 0. The summed E-state index contributed by atoms with van der Waals surface area (Å²) < 4.78 is 7.14. The van der Waals surface area contributed by atoms with Crippen LogP contribution in [0.2, 0.25) is 5.02 Å². The molecule has 1 N–H and O–H groups in total. The van der Waals surface area contributed by atoms with E-state index in [0.717, 1.165) is 32.7 Å². The highest BCUT2D eigenvalue weighted by molar-refractivity contribution is 9.10. The van der Waals surface area contributed by atoms with E-state index in [0.29, 0.717) is 11.6 Å². The van der Waals surface area contributed by atoms with Gasteiger partial charge < -0.3 is 10.1 Å². The Morgan fingerprint density at radius 2 is 1.80 bits per heavy atom. The molecule has 0 fully saturated rings. The van der Waals surface area contributed by atoms with Gasteiger partial charge in [0.15, 0.2) is 0 Å². The molecular weight excluding hydrogens is 338 g/mol. The molecule has 2 nitrogen and oxygen atoms in total. The first-order valence-electron chi connectivity index (χ1n) is 6.39. The molecule has 2 aromatic carbocycles. The van der Waals surface area contributed by atoms with Crippen LogP contribution in [-0.4, -0.2) is 7.05 Å². The molecular formula is C16H17BrClNO. The van der Waals surface area contributed by atoms with Crippen LogP contribution in [0.4, 0.5) is 0 Å². The minimum absolute atomic E-state index is 0.713. The fraction of sp³-hybridized carbons (Fsp3) is 0.250. The van der Waals surface area contributed by atoms with Crippen molar-refractivity contribution in [1.29, 1.82) is 0 Å². The molecule has 106 valence electrons. The largest absolute Gasteiger partial charge is 0.457 e. The van der Waals surface area contributed by atoms with Crippen LogP contribution >= 0.6 is 27.5 Å². The van der Waals surface area contributed by atoms with Gasteiger partial charge >= 0.3 is 0 Å². The molecule has 0 unspecified atom stereocenters. The molecule has 2 rings (SSSR count). The van der Waals surface area contributed by atoms with Crippen molar-refractivity contribution >= 4 is 27.5 Å². The van der Waals surface area contributed by atoms with Crippen LogP contribution in [-0.2, 0) is 6.54 Å². The molecule has 0 heterocycles. The fourth-order valence-corrected chi connectivity index (χ4v) is 2.49. The molecule has 0 radical (unpaired) electrons. The van der Waals surface area contributed by atoms with Crippen LogP contribution < -0.4 is 10.1 Å². The Hall–Kier alpha value is -1.03. The molecule has 0 aliphatic carbocycles. The lowest BCUT2D eigenvalue weighted by Gasteiger charge is -2.13. The first-order valence-corrected chi connectivity index (χ1v) is 7.56. The van der Waals surface area contributed by atoms with Gasteiger partial charge in [-0.1, -0.05) is 27.5 Å². The smallest absolute Gasteiger partial charge is 0.132 e. The van der Waals surface area contributed by atoms with E-state index in [1.165, 1.54) is 0 Å². The zero-order chi connectivity index (χ0) is 14.7. The molecule has 0 aliphatic rings. The first kappa shape index (κ1) is 15.4. The minimum atomic E-state index is 0.713. The highest BCUT2D eigenvalue weighted by Crippen LogP contribution is 2.32. The predicted octanol–water partition coefficient (Wildman–Crippen LogP) is 5.23. The van der Waals surface area contributed by atoms with Gasteiger partial charge in [0.25, 0.3) is 0 Å². The molecule has 0 aliphatic heterocycles. The van der Waals surface area contributed by atoms with E-state index < -0.39 is 0 Å². The Morgan fingerprint density at radius 1 is 1.15 bits per heavy atom. The lowest BCUT2D eigenvalue weighted by atomic mass is 10.1. The number of nitrogens with one attached hydrogen (secondary N) is 1. The molecule has 0 bridgehead atoms. The Labute approximate surface area is 133 Å². The number of hydrogen-bond donors (Lipinski definition) is 1. The summed E-state index contributed by atoms with van der Waals surface area (Å²) in [6.45, 7) is 4.82. The third kappa shape index (κ3) is 3.54. The summed E-state index contributed by atoms with van der Waals surface area (Å²) >= 11 is 9.60. The number of aryl methyl sites for hydroxylation is 2. The van der Waals surface area contributed by atoms with E-state index in [1.807, 2.05) is 37.4 Å². The van der Waals surface area contributed by atoms with Gasteiger partial charge in [-0.15, -0.1) is 0 Å². The lowest BCUT2D eigenvalue weighted by molar-refractivity contribution is 0.473. The fourth-order valence-electron chi connectivity index (χ4n) is 2.07. The van der Waals surface area contributed by atoms with Gasteiger partial charge in [-0.25, -0.2) is 0 Å². The molecule has 0 saturated heterocycles. The summed E-state index contributed by atoms with van der Waals surface area (Å²) in [5.41, 5.74) is 3.35. The van der Waals surface area contributed by atoms with Crippen molar-refractivity contribution in [2.24, 2.45) is 0 Å². The first-order chi connectivity index (χ1) is 9.51. The van der Waals surface area contributed by atoms with Crippen LogP contribution in [0.5, 0.6) is 11.5 Å². The number of hydrogen-bond acceptors (Lipinski definition) is 2. The molecule has 20 heavy (non-hydrogen) atoms. The average molecular weight is 355 g/mol. The van der Waals surface area contributed by atoms with Gasteiger partial charge in [0, 0.05) is 21.6 Å². The molecule has 0 saturated carbocycles. The Bertz CT molecular complexity index is 605. The van der Waals surface area contributed by atoms with Crippen LogP contribution in [0.15, 0.2) is 34.8 Å². The number of benzene rings is 2. The minimum Gasteiger partial charge on any atom is -0.457 e. The lowest BCUT2D eigenvalue weighted by Crippen LogP contribution is -2.06. The van der Waals surface area contributed by atoms with Crippen molar-refractivity contribution in [2.75, 3.05) is 7.05 Å². The van der Waals surface area contributed by atoms with Crippen LogP contribution in [0, 0.1) is 13.8 Å². The zero-order valence-electron chi connectivity index (χ0n) is 11.8. The van der Waals surface area contributed by atoms with Gasteiger partial charge in [0.05, 0.1) is 0 Å². The summed E-state index contributed by atoms with van der Waals surface area (Å²) in [6, 6.07) is 9.71. The molecule has 0 atom stereocenters. The normalized spacial score (nSPS) is 10.7. The van der Waals surface area contributed by atoms with Gasteiger partial charge in [-0.3, -0.25) is 0 Å². The summed E-state index contributed by atoms with van der Waals surface area (Å²) in [5.74, 6) is 1.66. The quantitative estimate of drug-likeness (QED) is 0.811. The summed E-state index contributed by atoms with van der Waals surface area (Å²) in [7, 11) is 1.90. The third-order valence-corrected chi connectivity index (χ3v) is 4.51. The van der Waals surface area contributed by atoms with Crippen molar-refractivity contribution in [3.8, 4) is 11.5 Å². The Balaban J connectivity index is 2.34. The van der Waals surface area contributed by atoms with Crippen molar-refractivity contribution < 1.29 is 4.74 Å². The van der Waals surface area contributed by atoms with E-state index in [9.17, 15) is 0 Å². The highest BCUT2D eigenvalue weighted by Gasteiger charge is 2.08. The standard InChI is InChI=1S/C16H17BrClNO/c1-10-6-14(7-11(2)16(10)17)20-15-5-4-13(18)8-12(15)9-19-3/h4-8,19H,9H2,1-3H3. The highest BCUT2D eigenvalue weighted by atomic mass is 79.9. The SMILES string of the molecule is CNCc1cc(Cl)ccc1Oc1cc(C)c(Br)c(C)c1. The topological polar surface area (TPSA) is 21.3 Å². The summed E-state index contributed by atoms with van der Waals surface area (Å²) in [5, 5.41) is 3.84. The van der Waals surface area contributed by atoms with Gasteiger partial charge in [0.2, 0.25) is 0 Å². The van der Waals surface area contributed by atoms with E-state index in [2.05, 4.69) is 35.1 Å². The summed E-state index contributed by atoms with van der Waals surface area (Å²) in [4.78, 5) is 0. The second-order valence-corrected chi connectivity index (χ2v) is 5.98. The van der Waals surface area contributed by atoms with Gasteiger partial charge in [0.1, 0.15) is 11.5 Å². The van der Waals surface area contributed by atoms with E-state index in [-0.39, 0.29) is 0 Å². The second-order valence-electron chi connectivity index (χ2n) is 4.76. The van der Waals surface area contributed by atoms with Gasteiger partial charge in [-0.05, 0) is 62.4 Å². The van der Waals surface area contributed by atoms with Crippen LogP contribution in [0.25, 0.3) is 0 Å². The maximum Gasteiger partial charge on any atom is 0.132 e. The molecule has 4 heteroatoms. The monoisotopic (exact) mass is 353 g/mol. The molecule has 0 aromatic heterocycles. The maximum atomic E-state index is 6.04. The van der Waals surface area contributed by atoms with Crippen molar-refractivity contribution in [2.45, 2.75) is 20.4 Å². The van der Waals surface area contributed by atoms with E-state index in [1.54, 1.807) is 0 Å². The number of halogens is 2. The van der Waals surface area contributed by atoms with Crippen LogP contribution in [0.1, 0.15) is 16.7 Å². The van der Waals surface area contributed by atoms with Gasteiger partial charge in [-0.2, -0.15) is 0 Å². The Kier molecular flexibility index (Phi) is 5.08. The second kappa shape index (κ2) is 6.61.